The number of aliphatic hydroxyl groups excluding tert-OH is 1. The number of carbonyl (C=O) groups excluding carboxylic acids is 1. The number of hydrogen-bond donors (Lipinski definition) is 2. The van der Waals surface area contributed by atoms with Crippen LogP contribution in [0.1, 0.15) is 32.6 Å². The van der Waals surface area contributed by atoms with Gasteiger partial charge in [-0.3, -0.25) is 10.1 Å². The molecule has 0 aromatic carbocycles. The van der Waals surface area contributed by atoms with Crippen molar-refractivity contribution in [3.8, 4) is 0 Å². The molecule has 0 saturated heterocycles. The molecule has 0 heterocycles. The van der Waals surface area contributed by atoms with Gasteiger partial charge in [-0.1, -0.05) is 0 Å². The number of rotatable bonds is 4. The number of hydrogen-bond acceptors (Lipinski definition) is 4. The van der Waals surface area contributed by atoms with Gasteiger partial charge in [0.1, 0.15) is 6.23 Å². The molecular formula is C11H21NO3. The highest BCUT2D eigenvalue weighted by Gasteiger charge is 2.26. The molecule has 1 aliphatic carbocycles. The molecule has 0 bridgehead atoms. The molecule has 1 atom stereocenters. The number of nitrogens with one attached hydrogen (secondary N) is 1. The molecular weight excluding hydrogens is 194 g/mol. The maximum Gasteiger partial charge on any atom is 0.308 e. The van der Waals surface area contributed by atoms with Crippen molar-refractivity contribution in [3.63, 3.8) is 0 Å². The van der Waals surface area contributed by atoms with Gasteiger partial charge in [0.05, 0.1) is 13.0 Å². The molecule has 4 nitrogen and oxygen atoms in total. The van der Waals surface area contributed by atoms with E-state index < -0.39 is 6.23 Å². The van der Waals surface area contributed by atoms with E-state index in [0.29, 0.717) is 5.92 Å². The second-order valence-electron chi connectivity index (χ2n) is 4.33. The molecule has 2 N–H and O–H groups in total. The summed E-state index contributed by atoms with van der Waals surface area (Å²) < 4.78 is 4.73. The maximum atomic E-state index is 11.3. The normalized spacial score (nSPS) is 28.5. The average Bonchev–Trinajstić information content (AvgIpc) is 2.26. The lowest BCUT2D eigenvalue weighted by molar-refractivity contribution is -0.146. The van der Waals surface area contributed by atoms with Gasteiger partial charge >= 0.3 is 5.97 Å². The van der Waals surface area contributed by atoms with Gasteiger partial charge in [0.15, 0.2) is 0 Å². The molecule has 0 radical (unpaired) electrons. The molecule has 1 unspecified atom stereocenters. The predicted molar refractivity (Wildman–Crippen MR) is 57.1 cm³/mol. The van der Waals surface area contributed by atoms with Crippen molar-refractivity contribution in [2.24, 2.45) is 11.8 Å². The molecule has 0 spiro atoms. The zero-order valence-corrected chi connectivity index (χ0v) is 9.53. The van der Waals surface area contributed by atoms with E-state index in [1.54, 1.807) is 6.92 Å². The van der Waals surface area contributed by atoms with Crippen molar-refractivity contribution in [1.29, 1.82) is 0 Å². The Bertz CT molecular complexity index is 198. The molecule has 88 valence electrons. The second kappa shape index (κ2) is 6.08. The lowest BCUT2D eigenvalue weighted by Crippen LogP contribution is -2.33. The number of carbonyl (C=O) groups is 1. The fourth-order valence-electron chi connectivity index (χ4n) is 2.11. The molecule has 1 fully saturated rings. The van der Waals surface area contributed by atoms with Gasteiger partial charge in [0.2, 0.25) is 0 Å². The fraction of sp³-hybridized carbons (Fsp3) is 0.909. The van der Waals surface area contributed by atoms with E-state index in [1.165, 1.54) is 7.11 Å². The van der Waals surface area contributed by atoms with Crippen LogP contribution in [0, 0.1) is 11.8 Å². The maximum absolute atomic E-state index is 11.3. The molecule has 0 amide bonds. The van der Waals surface area contributed by atoms with E-state index in [-0.39, 0.29) is 11.9 Å². The number of esters is 1. The topological polar surface area (TPSA) is 58.6 Å². The summed E-state index contributed by atoms with van der Waals surface area (Å²) in [6.07, 6.45) is 3.47. The third kappa shape index (κ3) is 4.18. The number of methoxy groups -OCH3 is 1. The largest absolute Gasteiger partial charge is 0.469 e. The van der Waals surface area contributed by atoms with Gasteiger partial charge in [0.25, 0.3) is 0 Å². The van der Waals surface area contributed by atoms with Gasteiger partial charge in [-0.25, -0.2) is 0 Å². The van der Waals surface area contributed by atoms with E-state index in [4.69, 9.17) is 9.84 Å². The predicted octanol–water partition coefficient (Wildman–Crippen LogP) is 0.894. The van der Waals surface area contributed by atoms with E-state index in [9.17, 15) is 4.79 Å². The van der Waals surface area contributed by atoms with Crippen molar-refractivity contribution >= 4 is 5.97 Å². The van der Waals surface area contributed by atoms with Crippen molar-refractivity contribution in [1.82, 2.24) is 5.32 Å². The minimum absolute atomic E-state index is 0.0723. The Balaban J connectivity index is 2.21. The van der Waals surface area contributed by atoms with Crippen LogP contribution in [0.25, 0.3) is 0 Å². The molecule has 1 aliphatic rings. The SMILES string of the molecule is COC(=O)C1CCC(CNC(C)O)CC1. The minimum Gasteiger partial charge on any atom is -0.469 e. The molecule has 15 heavy (non-hydrogen) atoms. The van der Waals surface area contributed by atoms with E-state index in [1.807, 2.05) is 0 Å². The molecule has 1 saturated carbocycles. The summed E-state index contributed by atoms with van der Waals surface area (Å²) in [5.41, 5.74) is 0. The summed E-state index contributed by atoms with van der Waals surface area (Å²) in [7, 11) is 1.45. The molecule has 4 heteroatoms. The quantitative estimate of drug-likeness (QED) is 0.540. The minimum atomic E-state index is -0.441. The van der Waals surface area contributed by atoms with Gasteiger partial charge < -0.3 is 9.84 Å². The third-order valence-corrected chi connectivity index (χ3v) is 3.08. The average molecular weight is 215 g/mol. The van der Waals surface area contributed by atoms with Crippen LogP contribution in [-0.4, -0.2) is 31.0 Å². The second-order valence-corrected chi connectivity index (χ2v) is 4.33. The highest BCUT2D eigenvalue weighted by molar-refractivity contribution is 5.72. The number of ether oxygens (including phenoxy) is 1. The fourth-order valence-corrected chi connectivity index (χ4v) is 2.11. The summed E-state index contributed by atoms with van der Waals surface area (Å²) in [5, 5.41) is 12.1. The van der Waals surface area contributed by atoms with Crippen LogP contribution in [0.2, 0.25) is 0 Å². The van der Waals surface area contributed by atoms with E-state index in [0.717, 1.165) is 32.2 Å². The van der Waals surface area contributed by atoms with Crippen LogP contribution >= 0.6 is 0 Å². The molecule has 1 rings (SSSR count). The van der Waals surface area contributed by atoms with Gasteiger partial charge in [0, 0.05) is 6.54 Å². The molecule has 0 aliphatic heterocycles. The van der Waals surface area contributed by atoms with Gasteiger partial charge in [-0.05, 0) is 38.5 Å². The first-order valence-corrected chi connectivity index (χ1v) is 5.62. The van der Waals surface area contributed by atoms with Crippen LogP contribution in [0.3, 0.4) is 0 Å². The molecule has 0 aromatic heterocycles. The van der Waals surface area contributed by atoms with Crippen LogP contribution in [0.4, 0.5) is 0 Å². The summed E-state index contributed by atoms with van der Waals surface area (Å²) >= 11 is 0. The Kier molecular flexibility index (Phi) is 5.05. The summed E-state index contributed by atoms with van der Waals surface area (Å²) in [6, 6.07) is 0. The Morgan fingerprint density at radius 2 is 2.07 bits per heavy atom. The monoisotopic (exact) mass is 215 g/mol. The standard InChI is InChI=1S/C11H21NO3/c1-8(13)12-7-9-3-5-10(6-4-9)11(14)15-2/h8-10,12-13H,3-7H2,1-2H3. The van der Waals surface area contributed by atoms with Crippen molar-refractivity contribution in [2.75, 3.05) is 13.7 Å². The van der Waals surface area contributed by atoms with Crippen molar-refractivity contribution < 1.29 is 14.6 Å². The van der Waals surface area contributed by atoms with Gasteiger partial charge in [-0.2, -0.15) is 0 Å². The first-order valence-electron chi connectivity index (χ1n) is 5.62. The highest BCUT2D eigenvalue weighted by Crippen LogP contribution is 2.29. The third-order valence-electron chi connectivity index (χ3n) is 3.08. The lowest BCUT2D eigenvalue weighted by Gasteiger charge is -2.27. The summed E-state index contributed by atoms with van der Waals surface area (Å²) in [5.74, 6) is 0.607. The summed E-state index contributed by atoms with van der Waals surface area (Å²) in [6.45, 7) is 2.56. The van der Waals surface area contributed by atoms with Crippen molar-refractivity contribution in [3.05, 3.63) is 0 Å². The van der Waals surface area contributed by atoms with E-state index >= 15 is 0 Å². The summed E-state index contributed by atoms with van der Waals surface area (Å²) in [4.78, 5) is 11.3. The van der Waals surface area contributed by atoms with Crippen LogP contribution in [0.5, 0.6) is 0 Å². The molecule has 0 aromatic rings. The van der Waals surface area contributed by atoms with Crippen LogP contribution in [0.15, 0.2) is 0 Å². The Labute approximate surface area is 91.0 Å². The Morgan fingerprint density at radius 1 is 1.47 bits per heavy atom. The highest BCUT2D eigenvalue weighted by atomic mass is 16.5. The Morgan fingerprint density at radius 3 is 2.53 bits per heavy atom. The number of aliphatic hydroxyl groups is 1. The van der Waals surface area contributed by atoms with Gasteiger partial charge in [-0.15, -0.1) is 0 Å². The zero-order valence-electron chi connectivity index (χ0n) is 9.53. The Hall–Kier alpha value is -0.610. The van der Waals surface area contributed by atoms with Crippen molar-refractivity contribution in [2.45, 2.75) is 38.8 Å². The van der Waals surface area contributed by atoms with Crippen LogP contribution in [-0.2, 0) is 9.53 Å². The lowest BCUT2D eigenvalue weighted by atomic mass is 9.82. The smallest absolute Gasteiger partial charge is 0.308 e. The zero-order chi connectivity index (χ0) is 11.3. The first-order chi connectivity index (χ1) is 7.13. The van der Waals surface area contributed by atoms with Crippen LogP contribution < -0.4 is 5.32 Å². The van der Waals surface area contributed by atoms with E-state index in [2.05, 4.69) is 5.32 Å². The first kappa shape index (κ1) is 12.5.